The van der Waals surface area contributed by atoms with Gasteiger partial charge in [0.2, 0.25) is 5.91 Å². The van der Waals surface area contributed by atoms with E-state index in [1.165, 1.54) is 0 Å². The summed E-state index contributed by atoms with van der Waals surface area (Å²) in [6.07, 6.45) is 0. The molecule has 0 spiro atoms. The molecule has 6 heteroatoms. The minimum atomic E-state index is -0.400. The molecule has 0 saturated carbocycles. The largest absolute Gasteiger partial charge is 0.348 e. The van der Waals surface area contributed by atoms with Gasteiger partial charge in [0, 0.05) is 0 Å². The summed E-state index contributed by atoms with van der Waals surface area (Å²) < 4.78 is 1.63. The van der Waals surface area contributed by atoms with Crippen LogP contribution in [0.25, 0.3) is 5.69 Å². The topological polar surface area (TPSA) is 72.7 Å². The van der Waals surface area contributed by atoms with E-state index in [1.807, 2.05) is 91.0 Å². The Balaban J connectivity index is 1.56. The van der Waals surface area contributed by atoms with Crippen LogP contribution in [0.3, 0.4) is 0 Å². The number of aromatic nitrogens is 4. The van der Waals surface area contributed by atoms with Crippen LogP contribution in [0, 0.1) is 0 Å². The monoisotopic (exact) mass is 369 g/mol. The average molecular weight is 369 g/mol. The zero-order valence-corrected chi connectivity index (χ0v) is 15.1. The van der Waals surface area contributed by atoms with Crippen molar-refractivity contribution in [1.29, 1.82) is 0 Å². The summed E-state index contributed by atoms with van der Waals surface area (Å²) in [5, 5.41) is 14.8. The van der Waals surface area contributed by atoms with Crippen molar-refractivity contribution in [3.05, 3.63) is 108 Å². The lowest BCUT2D eigenvalue weighted by Crippen LogP contribution is -2.30. The third-order valence-electron chi connectivity index (χ3n) is 4.48. The van der Waals surface area contributed by atoms with Gasteiger partial charge >= 0.3 is 0 Å². The lowest BCUT2D eigenvalue weighted by molar-refractivity contribution is -0.121. The van der Waals surface area contributed by atoms with E-state index < -0.39 is 5.92 Å². The minimum Gasteiger partial charge on any atom is -0.348 e. The maximum atomic E-state index is 13.1. The summed E-state index contributed by atoms with van der Waals surface area (Å²) in [7, 11) is 0. The Hall–Kier alpha value is -3.80. The van der Waals surface area contributed by atoms with Crippen molar-refractivity contribution >= 4 is 5.91 Å². The molecule has 0 aliphatic heterocycles. The Morgan fingerprint density at radius 1 is 0.821 bits per heavy atom. The summed E-state index contributed by atoms with van der Waals surface area (Å²) in [6, 6.07) is 29.1. The number of nitrogens with zero attached hydrogens (tertiary/aromatic N) is 4. The highest BCUT2D eigenvalue weighted by Gasteiger charge is 2.23. The molecule has 0 radical (unpaired) electrons. The molecule has 0 unspecified atom stereocenters. The first-order chi connectivity index (χ1) is 13.8. The summed E-state index contributed by atoms with van der Waals surface area (Å²) in [5.41, 5.74) is 2.72. The van der Waals surface area contributed by atoms with Crippen molar-refractivity contribution in [1.82, 2.24) is 25.5 Å². The van der Waals surface area contributed by atoms with Gasteiger partial charge in [0.25, 0.3) is 0 Å². The van der Waals surface area contributed by atoms with E-state index in [4.69, 9.17) is 0 Å². The van der Waals surface area contributed by atoms with Gasteiger partial charge in [-0.3, -0.25) is 4.79 Å². The van der Waals surface area contributed by atoms with Crippen LogP contribution in [-0.2, 0) is 11.3 Å². The first kappa shape index (κ1) is 17.6. The molecule has 4 aromatic rings. The van der Waals surface area contributed by atoms with Crippen molar-refractivity contribution in [2.75, 3.05) is 0 Å². The Labute approximate surface area is 162 Å². The molecule has 138 valence electrons. The first-order valence-corrected chi connectivity index (χ1v) is 9.03. The first-order valence-electron chi connectivity index (χ1n) is 9.03. The molecule has 0 aliphatic carbocycles. The molecule has 0 bridgehead atoms. The third kappa shape index (κ3) is 3.81. The van der Waals surface area contributed by atoms with Crippen LogP contribution in [0.15, 0.2) is 91.0 Å². The Bertz CT molecular complexity index is 993. The molecule has 3 aromatic carbocycles. The number of hydrogen-bond donors (Lipinski definition) is 1. The summed E-state index contributed by atoms with van der Waals surface area (Å²) in [4.78, 5) is 13.1. The summed E-state index contributed by atoms with van der Waals surface area (Å²) >= 11 is 0. The standard InChI is InChI=1S/C22H19N5O/c28-22(21(17-10-4-1-5-11-17)18-12-6-2-7-13-18)23-16-20-24-25-26-27(20)19-14-8-3-9-15-19/h1-15,21H,16H2,(H,23,28). The molecule has 1 heterocycles. The number of carbonyl (C=O) groups excluding carboxylic acids is 1. The number of tetrazole rings is 1. The molecule has 0 atom stereocenters. The molecule has 4 rings (SSSR count). The van der Waals surface area contributed by atoms with Gasteiger partial charge in [-0.1, -0.05) is 78.9 Å². The summed E-state index contributed by atoms with van der Waals surface area (Å²) in [6.45, 7) is 0.233. The zero-order chi connectivity index (χ0) is 19.2. The fraction of sp³-hybridized carbons (Fsp3) is 0.0909. The number of nitrogens with one attached hydrogen (secondary N) is 1. The van der Waals surface area contributed by atoms with Crippen molar-refractivity contribution < 1.29 is 4.79 Å². The van der Waals surface area contributed by atoms with Crippen molar-refractivity contribution in [2.45, 2.75) is 12.5 Å². The van der Waals surface area contributed by atoms with Crippen LogP contribution in [0.5, 0.6) is 0 Å². The van der Waals surface area contributed by atoms with Gasteiger partial charge in [-0.05, 0) is 33.7 Å². The quantitative estimate of drug-likeness (QED) is 0.567. The highest BCUT2D eigenvalue weighted by Crippen LogP contribution is 2.24. The van der Waals surface area contributed by atoms with E-state index in [0.717, 1.165) is 16.8 Å². The number of benzene rings is 3. The number of amides is 1. The molecular weight excluding hydrogens is 350 g/mol. The molecule has 6 nitrogen and oxygen atoms in total. The second-order valence-electron chi connectivity index (χ2n) is 6.31. The van der Waals surface area contributed by atoms with Gasteiger partial charge in [-0.15, -0.1) is 5.10 Å². The molecule has 0 saturated heterocycles. The van der Waals surface area contributed by atoms with Gasteiger partial charge in [0.05, 0.1) is 18.2 Å². The van der Waals surface area contributed by atoms with Crippen LogP contribution in [-0.4, -0.2) is 26.1 Å². The van der Waals surface area contributed by atoms with Crippen molar-refractivity contribution in [3.8, 4) is 5.69 Å². The summed E-state index contributed by atoms with van der Waals surface area (Å²) in [5.74, 6) is 0.0721. The van der Waals surface area contributed by atoms with Crippen molar-refractivity contribution in [3.63, 3.8) is 0 Å². The Morgan fingerprint density at radius 2 is 1.36 bits per heavy atom. The number of para-hydroxylation sites is 1. The number of rotatable bonds is 6. The van der Waals surface area contributed by atoms with E-state index in [-0.39, 0.29) is 12.5 Å². The molecular formula is C22H19N5O. The maximum Gasteiger partial charge on any atom is 0.232 e. The molecule has 0 aliphatic rings. The van der Waals surface area contributed by atoms with E-state index >= 15 is 0 Å². The van der Waals surface area contributed by atoms with E-state index in [2.05, 4.69) is 20.8 Å². The van der Waals surface area contributed by atoms with E-state index in [0.29, 0.717) is 5.82 Å². The molecule has 0 fully saturated rings. The number of carbonyl (C=O) groups is 1. The minimum absolute atomic E-state index is 0.0972. The second kappa shape index (κ2) is 8.26. The van der Waals surface area contributed by atoms with E-state index in [1.54, 1.807) is 4.68 Å². The average Bonchev–Trinajstić information content (AvgIpc) is 3.23. The van der Waals surface area contributed by atoms with Gasteiger partial charge in [-0.2, -0.15) is 4.68 Å². The molecule has 1 N–H and O–H groups in total. The van der Waals surface area contributed by atoms with Crippen LogP contribution in [0.1, 0.15) is 22.9 Å². The zero-order valence-electron chi connectivity index (χ0n) is 15.1. The Kier molecular flexibility index (Phi) is 5.20. The van der Waals surface area contributed by atoms with Crippen LogP contribution in [0.4, 0.5) is 0 Å². The van der Waals surface area contributed by atoms with Gasteiger partial charge in [0.1, 0.15) is 0 Å². The van der Waals surface area contributed by atoms with Crippen LogP contribution in [0.2, 0.25) is 0 Å². The normalized spacial score (nSPS) is 10.8. The SMILES string of the molecule is O=C(NCc1nnnn1-c1ccccc1)C(c1ccccc1)c1ccccc1. The second-order valence-corrected chi connectivity index (χ2v) is 6.31. The molecule has 1 aromatic heterocycles. The van der Waals surface area contributed by atoms with Gasteiger partial charge in [-0.25, -0.2) is 0 Å². The predicted octanol–water partition coefficient (Wildman–Crippen LogP) is 3.11. The molecule has 28 heavy (non-hydrogen) atoms. The Morgan fingerprint density at radius 3 is 1.93 bits per heavy atom. The van der Waals surface area contributed by atoms with E-state index in [9.17, 15) is 4.79 Å². The van der Waals surface area contributed by atoms with Gasteiger partial charge in [0.15, 0.2) is 5.82 Å². The number of hydrogen-bond acceptors (Lipinski definition) is 4. The maximum absolute atomic E-state index is 13.1. The fourth-order valence-corrected chi connectivity index (χ4v) is 3.14. The fourth-order valence-electron chi connectivity index (χ4n) is 3.14. The highest BCUT2D eigenvalue weighted by molar-refractivity contribution is 5.87. The van der Waals surface area contributed by atoms with Crippen molar-refractivity contribution in [2.24, 2.45) is 0 Å². The van der Waals surface area contributed by atoms with Crippen LogP contribution >= 0.6 is 0 Å². The smallest absolute Gasteiger partial charge is 0.232 e. The lowest BCUT2D eigenvalue weighted by atomic mass is 9.90. The molecule has 1 amide bonds. The third-order valence-corrected chi connectivity index (χ3v) is 4.48. The van der Waals surface area contributed by atoms with Gasteiger partial charge < -0.3 is 5.32 Å². The lowest BCUT2D eigenvalue weighted by Gasteiger charge is -2.17. The highest BCUT2D eigenvalue weighted by atomic mass is 16.1. The predicted molar refractivity (Wildman–Crippen MR) is 106 cm³/mol. The van der Waals surface area contributed by atoms with Crippen LogP contribution < -0.4 is 5.32 Å².